The third-order valence-electron chi connectivity index (χ3n) is 2.67. The molecular formula is C14H14BrClFNOS. The second kappa shape index (κ2) is 7.96. The smallest absolute Gasteiger partial charge is 0.133 e. The minimum atomic E-state index is -0.275. The number of halogens is 3. The summed E-state index contributed by atoms with van der Waals surface area (Å²) >= 11 is 10.6. The molecule has 108 valence electrons. The zero-order valence-electron chi connectivity index (χ0n) is 10.7. The van der Waals surface area contributed by atoms with E-state index in [2.05, 4.69) is 20.9 Å². The molecule has 0 aliphatic rings. The van der Waals surface area contributed by atoms with Crippen LogP contribution in [0.25, 0.3) is 0 Å². The van der Waals surface area contributed by atoms with Crippen molar-refractivity contribution >= 4 is 38.9 Å². The first-order valence-electron chi connectivity index (χ1n) is 6.26. The summed E-state index contributed by atoms with van der Waals surface area (Å²) in [6.07, 6.45) is 2.88. The molecule has 0 amide bonds. The van der Waals surface area contributed by atoms with Gasteiger partial charge < -0.3 is 4.74 Å². The molecular weight excluding hydrogens is 365 g/mol. The van der Waals surface area contributed by atoms with Crippen molar-refractivity contribution in [3.8, 4) is 5.75 Å². The van der Waals surface area contributed by atoms with Crippen molar-refractivity contribution in [3.05, 3.63) is 44.6 Å². The molecule has 0 spiro atoms. The van der Waals surface area contributed by atoms with Gasteiger partial charge in [-0.15, -0.1) is 22.9 Å². The van der Waals surface area contributed by atoms with Gasteiger partial charge in [0.15, 0.2) is 0 Å². The standard InChI is InChI=1S/C14H14BrClFNOS/c15-12-7-10(17)4-5-13(12)19-6-2-1-3-14-18-11(8-16)9-20-14/h4-5,7,9H,1-3,6,8H2. The van der Waals surface area contributed by atoms with Gasteiger partial charge in [-0.1, -0.05) is 0 Å². The molecule has 2 nitrogen and oxygen atoms in total. The molecule has 20 heavy (non-hydrogen) atoms. The molecule has 0 saturated carbocycles. The van der Waals surface area contributed by atoms with Crippen LogP contribution in [0, 0.1) is 5.82 Å². The number of nitrogens with zero attached hydrogens (tertiary/aromatic N) is 1. The Morgan fingerprint density at radius 1 is 1.35 bits per heavy atom. The van der Waals surface area contributed by atoms with Gasteiger partial charge in [0.1, 0.15) is 11.6 Å². The molecule has 6 heteroatoms. The van der Waals surface area contributed by atoms with E-state index in [1.807, 2.05) is 5.38 Å². The molecule has 2 rings (SSSR count). The maximum absolute atomic E-state index is 12.9. The Labute approximate surface area is 135 Å². The molecule has 0 aliphatic carbocycles. The van der Waals surface area contributed by atoms with Gasteiger partial charge in [0.25, 0.3) is 0 Å². The maximum atomic E-state index is 12.9. The zero-order valence-corrected chi connectivity index (χ0v) is 13.9. The number of rotatable bonds is 7. The van der Waals surface area contributed by atoms with E-state index in [1.54, 1.807) is 17.4 Å². The lowest BCUT2D eigenvalue weighted by Crippen LogP contribution is -1.99. The Balaban J connectivity index is 1.68. The van der Waals surface area contributed by atoms with Crippen LogP contribution >= 0.6 is 38.9 Å². The minimum absolute atomic E-state index is 0.275. The second-order valence-electron chi connectivity index (χ2n) is 4.25. The van der Waals surface area contributed by atoms with E-state index in [4.69, 9.17) is 16.3 Å². The van der Waals surface area contributed by atoms with Crippen molar-refractivity contribution in [2.24, 2.45) is 0 Å². The Morgan fingerprint density at radius 2 is 2.20 bits per heavy atom. The summed E-state index contributed by atoms with van der Waals surface area (Å²) in [7, 11) is 0. The van der Waals surface area contributed by atoms with E-state index in [0.29, 0.717) is 22.7 Å². The van der Waals surface area contributed by atoms with Gasteiger partial charge in [-0.2, -0.15) is 0 Å². The third kappa shape index (κ3) is 4.72. The number of aryl methyl sites for hydroxylation is 1. The van der Waals surface area contributed by atoms with Crippen LogP contribution in [0.15, 0.2) is 28.1 Å². The van der Waals surface area contributed by atoms with Gasteiger partial charge >= 0.3 is 0 Å². The monoisotopic (exact) mass is 377 g/mol. The fourth-order valence-corrected chi connectivity index (χ4v) is 3.21. The molecule has 0 saturated heterocycles. The Hall–Kier alpha value is -0.650. The molecule has 1 heterocycles. The van der Waals surface area contributed by atoms with E-state index in [-0.39, 0.29) is 5.82 Å². The fourth-order valence-electron chi connectivity index (χ4n) is 1.68. The lowest BCUT2D eigenvalue weighted by atomic mass is 10.2. The predicted octanol–water partition coefficient (Wildman–Crippen LogP) is 5.19. The second-order valence-corrected chi connectivity index (χ2v) is 6.31. The highest BCUT2D eigenvalue weighted by Gasteiger charge is 2.03. The van der Waals surface area contributed by atoms with E-state index in [0.717, 1.165) is 30.0 Å². The normalized spacial score (nSPS) is 10.8. The average molecular weight is 379 g/mol. The Morgan fingerprint density at radius 3 is 2.90 bits per heavy atom. The predicted molar refractivity (Wildman–Crippen MR) is 84.2 cm³/mol. The number of aromatic nitrogens is 1. The number of thiazole rings is 1. The molecule has 0 bridgehead atoms. The molecule has 0 fully saturated rings. The average Bonchev–Trinajstić information content (AvgIpc) is 2.88. The van der Waals surface area contributed by atoms with Crippen molar-refractivity contribution in [3.63, 3.8) is 0 Å². The summed E-state index contributed by atoms with van der Waals surface area (Å²) in [6, 6.07) is 4.43. The van der Waals surface area contributed by atoms with E-state index < -0.39 is 0 Å². The van der Waals surface area contributed by atoms with Crippen LogP contribution in [0.2, 0.25) is 0 Å². The van der Waals surface area contributed by atoms with Crippen LogP contribution in [0.5, 0.6) is 5.75 Å². The van der Waals surface area contributed by atoms with Gasteiger partial charge in [0, 0.05) is 5.38 Å². The highest BCUT2D eigenvalue weighted by Crippen LogP contribution is 2.25. The number of unbranched alkanes of at least 4 members (excludes halogenated alkanes) is 1. The first-order valence-corrected chi connectivity index (χ1v) is 8.47. The molecule has 0 unspecified atom stereocenters. The molecule has 0 radical (unpaired) electrons. The van der Waals surface area contributed by atoms with Crippen LogP contribution in [0.3, 0.4) is 0 Å². The molecule has 0 N–H and O–H groups in total. The van der Waals surface area contributed by atoms with Crippen LogP contribution in [0.1, 0.15) is 23.5 Å². The lowest BCUT2D eigenvalue weighted by Gasteiger charge is -2.07. The number of benzene rings is 1. The lowest BCUT2D eigenvalue weighted by molar-refractivity contribution is 0.304. The van der Waals surface area contributed by atoms with Gasteiger partial charge in [-0.25, -0.2) is 9.37 Å². The van der Waals surface area contributed by atoms with Crippen molar-refractivity contribution in [1.29, 1.82) is 0 Å². The molecule has 1 aromatic carbocycles. The SMILES string of the molecule is Fc1ccc(OCCCCc2nc(CCl)cs2)c(Br)c1. The van der Waals surface area contributed by atoms with Crippen LogP contribution in [-0.2, 0) is 12.3 Å². The largest absolute Gasteiger partial charge is 0.492 e. The van der Waals surface area contributed by atoms with Crippen LogP contribution < -0.4 is 4.74 Å². The van der Waals surface area contributed by atoms with Crippen molar-refractivity contribution in [1.82, 2.24) is 4.98 Å². The molecule has 1 aromatic heterocycles. The van der Waals surface area contributed by atoms with Crippen LogP contribution in [0.4, 0.5) is 4.39 Å². The maximum Gasteiger partial charge on any atom is 0.133 e. The third-order valence-corrected chi connectivity index (χ3v) is 4.52. The first-order chi connectivity index (χ1) is 9.69. The van der Waals surface area contributed by atoms with Gasteiger partial charge in [0.2, 0.25) is 0 Å². The molecule has 0 aliphatic heterocycles. The summed E-state index contributed by atoms with van der Waals surface area (Å²) in [5, 5.41) is 3.11. The molecule has 0 atom stereocenters. The summed E-state index contributed by atoms with van der Waals surface area (Å²) in [4.78, 5) is 4.40. The summed E-state index contributed by atoms with van der Waals surface area (Å²) in [6.45, 7) is 0.609. The summed E-state index contributed by atoms with van der Waals surface area (Å²) in [5.74, 6) is 0.867. The number of ether oxygens (including phenoxy) is 1. The van der Waals surface area contributed by atoms with Gasteiger partial charge in [-0.05, 0) is 53.4 Å². The van der Waals surface area contributed by atoms with Gasteiger partial charge in [-0.3, -0.25) is 0 Å². The quantitative estimate of drug-likeness (QED) is 0.489. The van der Waals surface area contributed by atoms with Crippen molar-refractivity contribution in [2.75, 3.05) is 6.61 Å². The number of hydrogen-bond donors (Lipinski definition) is 0. The fraction of sp³-hybridized carbons (Fsp3) is 0.357. The van der Waals surface area contributed by atoms with E-state index in [1.165, 1.54) is 12.1 Å². The van der Waals surface area contributed by atoms with E-state index >= 15 is 0 Å². The first kappa shape index (κ1) is 15.7. The topological polar surface area (TPSA) is 22.1 Å². The van der Waals surface area contributed by atoms with Crippen molar-refractivity contribution < 1.29 is 9.13 Å². The minimum Gasteiger partial charge on any atom is -0.492 e. The van der Waals surface area contributed by atoms with Crippen LogP contribution in [-0.4, -0.2) is 11.6 Å². The Bertz CT molecular complexity index is 564. The summed E-state index contributed by atoms with van der Waals surface area (Å²) in [5.41, 5.74) is 0.943. The number of hydrogen-bond acceptors (Lipinski definition) is 3. The molecule has 2 aromatic rings. The van der Waals surface area contributed by atoms with Crippen molar-refractivity contribution in [2.45, 2.75) is 25.1 Å². The van der Waals surface area contributed by atoms with Gasteiger partial charge in [0.05, 0.1) is 27.7 Å². The number of alkyl halides is 1. The highest BCUT2D eigenvalue weighted by atomic mass is 79.9. The van der Waals surface area contributed by atoms with E-state index in [9.17, 15) is 4.39 Å². The Kier molecular flexibility index (Phi) is 6.26. The zero-order chi connectivity index (χ0) is 14.4. The summed E-state index contributed by atoms with van der Waals surface area (Å²) < 4.78 is 19.2. The highest BCUT2D eigenvalue weighted by molar-refractivity contribution is 9.10.